The van der Waals surface area contributed by atoms with Crippen LogP contribution in [0.1, 0.15) is 0 Å². The average Bonchev–Trinajstić information content (AvgIpc) is 3.61. The highest BCUT2D eigenvalue weighted by Gasteiger charge is 2.22. The van der Waals surface area contributed by atoms with Gasteiger partial charge < -0.3 is 0 Å². The number of fused-ring (bicyclic) bond motifs is 4. The lowest BCUT2D eigenvalue weighted by atomic mass is 9.89. The van der Waals surface area contributed by atoms with Crippen LogP contribution in [-0.4, -0.2) is 9.97 Å². The fourth-order valence-electron chi connectivity index (χ4n) is 8.52. The predicted molar refractivity (Wildman–Crippen MR) is 234 cm³/mol. The molecule has 0 saturated heterocycles. The average molecular weight is 711 g/mol. The minimum Gasteiger partial charge on any atom is -0.228 e. The summed E-state index contributed by atoms with van der Waals surface area (Å²) in [4.78, 5) is 10.2. The Bertz CT molecular complexity index is 3020. The Labute approximate surface area is 326 Å². The lowest BCUT2D eigenvalue weighted by Crippen LogP contribution is -1.96. The van der Waals surface area contributed by atoms with Gasteiger partial charge in [0.2, 0.25) is 0 Å². The van der Waals surface area contributed by atoms with Crippen LogP contribution >= 0.6 is 0 Å². The molecule has 0 amide bonds. The molecular weight excluding hydrogens is 677 g/mol. The molecule has 10 aromatic rings. The smallest absolute Gasteiger partial charge is 0.160 e. The summed E-state index contributed by atoms with van der Waals surface area (Å²) < 4.78 is 0. The first-order chi connectivity index (χ1) is 27.7. The van der Waals surface area contributed by atoms with E-state index in [-0.39, 0.29) is 0 Å². The van der Waals surface area contributed by atoms with Crippen LogP contribution in [0.5, 0.6) is 0 Å². The summed E-state index contributed by atoms with van der Waals surface area (Å²) in [5, 5.41) is 5.07. The molecular formula is C54H34N2. The highest BCUT2D eigenvalue weighted by molar-refractivity contribution is 6.18. The molecule has 1 aliphatic carbocycles. The lowest BCUT2D eigenvalue weighted by molar-refractivity contribution is 1.18. The van der Waals surface area contributed by atoms with E-state index >= 15 is 0 Å². The summed E-state index contributed by atoms with van der Waals surface area (Å²) in [7, 11) is 0. The van der Waals surface area contributed by atoms with Crippen molar-refractivity contribution in [3.63, 3.8) is 0 Å². The highest BCUT2D eigenvalue weighted by Crippen LogP contribution is 2.49. The maximum Gasteiger partial charge on any atom is 0.160 e. The first-order valence-corrected chi connectivity index (χ1v) is 19.1. The normalized spacial score (nSPS) is 11.6. The fraction of sp³-hybridized carbons (Fsp3) is 0. The molecule has 0 N–H and O–H groups in total. The second-order valence-corrected chi connectivity index (χ2v) is 14.5. The Morgan fingerprint density at radius 3 is 1.43 bits per heavy atom. The summed E-state index contributed by atoms with van der Waals surface area (Å²) in [6.45, 7) is 0. The van der Waals surface area contributed by atoms with Crippen molar-refractivity contribution in [2.45, 2.75) is 0 Å². The molecule has 0 aliphatic heterocycles. The number of aromatic nitrogens is 2. The van der Waals surface area contributed by atoms with Gasteiger partial charge >= 0.3 is 0 Å². The topological polar surface area (TPSA) is 25.8 Å². The van der Waals surface area contributed by atoms with Crippen LogP contribution in [-0.2, 0) is 0 Å². The Hall–Kier alpha value is -7.42. The number of rotatable bonds is 6. The van der Waals surface area contributed by atoms with Crippen LogP contribution in [0.15, 0.2) is 206 Å². The molecule has 9 aromatic carbocycles. The molecule has 1 aliphatic rings. The summed E-state index contributed by atoms with van der Waals surface area (Å²) in [6.07, 6.45) is 0. The highest BCUT2D eigenvalue weighted by atomic mass is 14.9. The van der Waals surface area contributed by atoms with Crippen LogP contribution in [0.3, 0.4) is 0 Å². The standard InChI is InChI=1S/C54H34N2/c1-3-13-37(14-4-1)51-34-52(56-54(55-51)38-15-5-2-6-16-38)42-20-11-19-41(31-42)50-33-40-18-8-7-17-39(40)32-49(50)36-27-25-35(26-28-36)43-29-30-48-45-22-10-9-21-44(45)47-24-12-23-46(43)53(47)48/h1-34H. The van der Waals surface area contributed by atoms with Gasteiger partial charge in [0.25, 0.3) is 0 Å². The molecule has 0 atom stereocenters. The molecule has 0 unspecified atom stereocenters. The second-order valence-electron chi connectivity index (χ2n) is 14.5. The third-order valence-corrected chi connectivity index (χ3v) is 11.2. The first-order valence-electron chi connectivity index (χ1n) is 19.1. The molecule has 1 heterocycles. The van der Waals surface area contributed by atoms with Crippen molar-refractivity contribution in [3.05, 3.63) is 206 Å². The minimum absolute atomic E-state index is 0.712. The van der Waals surface area contributed by atoms with Crippen molar-refractivity contribution in [3.8, 4) is 89.5 Å². The number of benzene rings is 9. The Morgan fingerprint density at radius 2 is 0.732 bits per heavy atom. The van der Waals surface area contributed by atoms with Crippen molar-refractivity contribution >= 4 is 21.5 Å². The van der Waals surface area contributed by atoms with Crippen molar-refractivity contribution < 1.29 is 0 Å². The van der Waals surface area contributed by atoms with Crippen LogP contribution in [0.4, 0.5) is 0 Å². The van der Waals surface area contributed by atoms with E-state index < -0.39 is 0 Å². The molecule has 56 heavy (non-hydrogen) atoms. The van der Waals surface area contributed by atoms with E-state index in [1.54, 1.807) is 0 Å². The zero-order chi connectivity index (χ0) is 37.0. The van der Waals surface area contributed by atoms with E-state index in [0.29, 0.717) is 5.82 Å². The van der Waals surface area contributed by atoms with Gasteiger partial charge in [0.15, 0.2) is 5.82 Å². The molecule has 0 fully saturated rings. The van der Waals surface area contributed by atoms with Gasteiger partial charge in [-0.1, -0.05) is 182 Å². The Balaban J connectivity index is 1.02. The fourth-order valence-corrected chi connectivity index (χ4v) is 8.52. The Kier molecular flexibility index (Phi) is 7.53. The second kappa shape index (κ2) is 13.2. The van der Waals surface area contributed by atoms with Gasteiger partial charge in [-0.05, 0) is 101 Å². The SMILES string of the molecule is c1ccc(-c2cc(-c3cccc(-c4cc5ccccc5cc4-c4ccc(-c5ccc6c7c(cccc57)-c5ccccc5-6)cc4)c3)nc(-c3ccccc3)n2)cc1. The van der Waals surface area contributed by atoms with Crippen molar-refractivity contribution in [1.29, 1.82) is 0 Å². The van der Waals surface area contributed by atoms with Crippen LogP contribution < -0.4 is 0 Å². The third kappa shape index (κ3) is 5.42. The van der Waals surface area contributed by atoms with Gasteiger partial charge in [-0.25, -0.2) is 9.97 Å². The quantitative estimate of drug-likeness (QED) is 0.172. The molecule has 0 saturated carbocycles. The maximum absolute atomic E-state index is 5.14. The number of nitrogens with zero attached hydrogens (tertiary/aromatic N) is 2. The van der Waals surface area contributed by atoms with E-state index in [1.165, 1.54) is 71.6 Å². The van der Waals surface area contributed by atoms with E-state index in [4.69, 9.17) is 9.97 Å². The lowest BCUT2D eigenvalue weighted by Gasteiger charge is -2.15. The van der Waals surface area contributed by atoms with Gasteiger partial charge in [0.05, 0.1) is 11.4 Å². The van der Waals surface area contributed by atoms with Gasteiger partial charge in [-0.2, -0.15) is 0 Å². The number of hydrogen-bond donors (Lipinski definition) is 0. The molecule has 1 aromatic heterocycles. The maximum atomic E-state index is 5.14. The number of hydrogen-bond acceptors (Lipinski definition) is 2. The van der Waals surface area contributed by atoms with Crippen LogP contribution in [0.2, 0.25) is 0 Å². The minimum atomic E-state index is 0.712. The van der Waals surface area contributed by atoms with Gasteiger partial charge in [-0.15, -0.1) is 0 Å². The predicted octanol–water partition coefficient (Wildman–Crippen LogP) is 14.4. The molecule has 0 radical (unpaired) electrons. The van der Waals surface area contributed by atoms with Crippen molar-refractivity contribution in [2.75, 3.05) is 0 Å². The largest absolute Gasteiger partial charge is 0.228 e. The molecule has 260 valence electrons. The monoisotopic (exact) mass is 710 g/mol. The molecule has 2 heteroatoms. The molecule has 0 spiro atoms. The summed E-state index contributed by atoms with van der Waals surface area (Å²) in [5.41, 5.74) is 17.3. The molecule has 0 bridgehead atoms. The van der Waals surface area contributed by atoms with Gasteiger partial charge in [0.1, 0.15) is 0 Å². The van der Waals surface area contributed by atoms with Crippen LogP contribution in [0.25, 0.3) is 111 Å². The zero-order valence-electron chi connectivity index (χ0n) is 30.5. The molecule has 2 nitrogen and oxygen atoms in total. The van der Waals surface area contributed by atoms with Crippen LogP contribution in [0, 0.1) is 0 Å². The van der Waals surface area contributed by atoms with Gasteiger partial charge in [0, 0.05) is 16.7 Å². The summed E-state index contributed by atoms with van der Waals surface area (Å²) in [6, 6.07) is 74.0. The van der Waals surface area contributed by atoms with Crippen molar-refractivity contribution in [2.24, 2.45) is 0 Å². The van der Waals surface area contributed by atoms with E-state index in [0.717, 1.165) is 33.6 Å². The summed E-state index contributed by atoms with van der Waals surface area (Å²) in [5.74, 6) is 0.712. The van der Waals surface area contributed by atoms with E-state index in [2.05, 4.69) is 182 Å². The van der Waals surface area contributed by atoms with E-state index in [1.807, 2.05) is 24.3 Å². The zero-order valence-corrected chi connectivity index (χ0v) is 30.5. The first kappa shape index (κ1) is 32.0. The molecule has 11 rings (SSSR count). The Morgan fingerprint density at radius 1 is 0.250 bits per heavy atom. The van der Waals surface area contributed by atoms with E-state index in [9.17, 15) is 0 Å². The third-order valence-electron chi connectivity index (χ3n) is 11.2. The van der Waals surface area contributed by atoms with Crippen molar-refractivity contribution in [1.82, 2.24) is 9.97 Å². The van der Waals surface area contributed by atoms with Gasteiger partial charge in [-0.3, -0.25) is 0 Å². The summed E-state index contributed by atoms with van der Waals surface area (Å²) >= 11 is 0.